The van der Waals surface area contributed by atoms with Crippen LogP contribution in [-0.2, 0) is 5.41 Å². The average Bonchev–Trinajstić information content (AvgIpc) is 1.51. The summed E-state index contributed by atoms with van der Waals surface area (Å²) in [4.78, 5) is 32.6. The van der Waals surface area contributed by atoms with Gasteiger partial charge in [0.15, 0.2) is 34.9 Å². The second kappa shape index (κ2) is 26.2. The number of hydrogen-bond acceptors (Lipinski definition) is 9. The first-order chi connectivity index (χ1) is 58.9. The molecule has 0 atom stereocenters. The van der Waals surface area contributed by atoms with Crippen LogP contribution in [0.5, 0.6) is 0 Å². The number of rotatable bonds is 11. The molecule has 2 aliphatic rings. The van der Waals surface area contributed by atoms with Crippen LogP contribution in [0, 0.1) is 0 Å². The second-order valence-corrected chi connectivity index (χ2v) is 32.1. The highest BCUT2D eigenvalue weighted by molar-refractivity contribution is 7.26. The SMILES string of the molecule is c1ccc(-c2nc(-c3cccc(-c4cccc(-c5ccc(-c6nc(-c7ccc8c(c7)C7(c9ccccc9-c9ccccc97)c7ccccc7-8)nc(-c7cccc8oc9ccc(-c%10ccc%11c(c%10)c%10ccccc%10n%11-c%10ccccc%10)cc9c78)n6)cc5)c4)c3)nc(-c3cccc4oc5ccc(-c6cccc7sc8ccccc8c67)cc5c34)n2)cc1. The van der Waals surface area contributed by atoms with Gasteiger partial charge in [0.2, 0.25) is 0 Å². The fourth-order valence-electron chi connectivity index (χ4n) is 19.3. The van der Waals surface area contributed by atoms with Crippen molar-refractivity contribution in [1.29, 1.82) is 0 Å². The van der Waals surface area contributed by atoms with Gasteiger partial charge >= 0.3 is 0 Å². The summed E-state index contributed by atoms with van der Waals surface area (Å²) in [7, 11) is 0. The van der Waals surface area contributed by atoms with Gasteiger partial charge in [-0.05, 0) is 186 Å². The highest BCUT2D eigenvalue weighted by Crippen LogP contribution is 2.63. The van der Waals surface area contributed by atoms with Gasteiger partial charge in [-0.3, -0.25) is 0 Å². The molecule has 2 aliphatic carbocycles. The highest BCUT2D eigenvalue weighted by Gasteiger charge is 2.51. The van der Waals surface area contributed by atoms with Gasteiger partial charge in [-0.2, -0.15) is 0 Å². The van der Waals surface area contributed by atoms with E-state index in [4.69, 9.17) is 38.7 Å². The molecule has 6 aromatic heterocycles. The lowest BCUT2D eigenvalue weighted by atomic mass is 9.70. The van der Waals surface area contributed by atoms with Crippen LogP contribution < -0.4 is 0 Å². The quantitative estimate of drug-likeness (QED) is 0.126. The van der Waals surface area contributed by atoms with E-state index in [2.05, 4.69) is 344 Å². The molecule has 0 amide bonds. The van der Waals surface area contributed by atoms with Crippen molar-refractivity contribution < 1.29 is 8.83 Å². The van der Waals surface area contributed by atoms with E-state index in [1.165, 1.54) is 81.0 Å². The summed E-state index contributed by atoms with van der Waals surface area (Å²) in [6.07, 6.45) is 0. The number of thiophene rings is 1. The van der Waals surface area contributed by atoms with Crippen LogP contribution in [0.15, 0.2) is 391 Å². The van der Waals surface area contributed by atoms with E-state index < -0.39 is 5.41 Å². The van der Waals surface area contributed by atoms with Gasteiger partial charge in [0.05, 0.1) is 16.4 Å². The zero-order chi connectivity index (χ0) is 78.0. The first kappa shape index (κ1) is 66.8. The first-order valence-electron chi connectivity index (χ1n) is 40.2. The lowest BCUT2D eigenvalue weighted by molar-refractivity contribution is 0.668. The third kappa shape index (κ3) is 10.4. The summed E-state index contributed by atoms with van der Waals surface area (Å²) in [5, 5.41) is 8.73. The number of aromatic nitrogens is 7. The fraction of sp³-hybridized carbons (Fsp3) is 0.00917. The summed E-state index contributed by atoms with van der Waals surface area (Å²) in [5.41, 5.74) is 29.6. The number of hydrogen-bond donors (Lipinski definition) is 0. The molecule has 17 aromatic carbocycles. The molecule has 0 saturated carbocycles. The molecule has 0 aliphatic heterocycles. The number of fused-ring (bicyclic) bond motifs is 22. The Labute approximate surface area is 686 Å². The number of benzene rings is 17. The van der Waals surface area contributed by atoms with Crippen molar-refractivity contribution in [3.05, 3.63) is 404 Å². The first-order valence-corrected chi connectivity index (χ1v) is 41.0. The minimum absolute atomic E-state index is 0.535. The smallest absolute Gasteiger partial charge is 0.164 e. The maximum absolute atomic E-state index is 6.83. The molecule has 119 heavy (non-hydrogen) atoms. The average molecular weight is 1530 g/mol. The Morgan fingerprint density at radius 3 is 1.25 bits per heavy atom. The van der Waals surface area contributed by atoms with E-state index in [-0.39, 0.29) is 0 Å². The van der Waals surface area contributed by atoms with Gasteiger partial charge < -0.3 is 13.4 Å². The Bertz CT molecular complexity index is 8140. The Hall–Kier alpha value is -15.6. The topological polar surface area (TPSA) is 109 Å². The van der Waals surface area contributed by atoms with Crippen molar-refractivity contribution in [2.45, 2.75) is 5.41 Å². The summed E-state index contributed by atoms with van der Waals surface area (Å²) in [6, 6.07) is 137. The van der Waals surface area contributed by atoms with Crippen LogP contribution in [0.4, 0.5) is 0 Å². The van der Waals surface area contributed by atoms with Crippen molar-refractivity contribution >= 4 is 97.2 Å². The lowest BCUT2D eigenvalue weighted by Crippen LogP contribution is -2.25. The molecule has 552 valence electrons. The van der Waals surface area contributed by atoms with Crippen molar-refractivity contribution in [2.75, 3.05) is 0 Å². The van der Waals surface area contributed by atoms with Crippen molar-refractivity contribution in [3.8, 4) is 141 Å². The maximum Gasteiger partial charge on any atom is 0.164 e. The zero-order valence-electron chi connectivity index (χ0n) is 63.7. The van der Waals surface area contributed by atoms with Crippen LogP contribution in [0.2, 0.25) is 0 Å². The van der Waals surface area contributed by atoms with E-state index in [0.29, 0.717) is 34.9 Å². The summed E-state index contributed by atoms with van der Waals surface area (Å²) in [6.45, 7) is 0. The van der Waals surface area contributed by atoms with Crippen molar-refractivity contribution in [2.24, 2.45) is 0 Å². The molecule has 0 saturated heterocycles. The van der Waals surface area contributed by atoms with Crippen LogP contribution in [-0.4, -0.2) is 34.5 Å². The molecule has 0 bridgehead atoms. The molecule has 10 heteroatoms. The standard InChI is InChI=1S/C109H63N7O2S/c1-3-22-65(23-4-1)103-110-105(114-107(112-103)84-37-20-43-97-101(84)87-62-72(53-57-95(87)118-97)76-35-21-45-99-102(76)82-34-11-16-44-98(82)119-99)73-27-18-26-69(59-73)68-25-17-24-67(58-68)64-46-48-66(49-47-64)104-111-106(74-50-54-80-79-32-9-14-40-90(79)109(91(80)63-74)88-38-12-7-30-77(88)78-31-8-13-39-89(78)109)115-108(113-104)83-36-19-42-96-100(83)86-61-71(52-56-94(86)117-96)70-51-55-93-85(60-70)81-33-10-15-41-92(81)116(93)75-28-5-2-6-29-75/h1-63H. The normalized spacial score (nSPS) is 12.6. The van der Waals surface area contributed by atoms with Crippen LogP contribution >= 0.6 is 11.3 Å². The zero-order valence-corrected chi connectivity index (χ0v) is 64.5. The molecule has 1 spiro atoms. The Balaban J connectivity index is 0.595. The van der Waals surface area contributed by atoms with Gasteiger partial charge in [-0.25, -0.2) is 29.9 Å². The monoisotopic (exact) mass is 1530 g/mol. The largest absolute Gasteiger partial charge is 0.456 e. The van der Waals surface area contributed by atoms with E-state index in [1.807, 2.05) is 53.8 Å². The fourth-order valence-corrected chi connectivity index (χ4v) is 20.4. The number of nitrogens with zero attached hydrogens (tertiary/aromatic N) is 7. The number of furan rings is 2. The molecule has 9 nitrogen and oxygen atoms in total. The molecule has 23 aromatic rings. The van der Waals surface area contributed by atoms with Crippen LogP contribution in [0.1, 0.15) is 22.3 Å². The van der Waals surface area contributed by atoms with Gasteiger partial charge in [0, 0.05) is 91.6 Å². The molecular weight excluding hydrogens is 1470 g/mol. The third-order valence-electron chi connectivity index (χ3n) is 24.6. The predicted molar refractivity (Wildman–Crippen MR) is 486 cm³/mol. The minimum Gasteiger partial charge on any atom is -0.456 e. The summed E-state index contributed by atoms with van der Waals surface area (Å²) >= 11 is 1.83. The van der Waals surface area contributed by atoms with Crippen LogP contribution in [0.25, 0.3) is 227 Å². The Morgan fingerprint density at radius 2 is 0.605 bits per heavy atom. The van der Waals surface area contributed by atoms with E-state index in [1.54, 1.807) is 0 Å². The Morgan fingerprint density at radius 1 is 0.210 bits per heavy atom. The molecule has 25 rings (SSSR count). The Kier molecular flexibility index (Phi) is 14.7. The van der Waals surface area contributed by atoms with Gasteiger partial charge in [0.25, 0.3) is 0 Å². The van der Waals surface area contributed by atoms with Gasteiger partial charge in [0.1, 0.15) is 22.3 Å². The minimum atomic E-state index is -0.574. The predicted octanol–water partition coefficient (Wildman–Crippen LogP) is 28.3. The molecule has 0 unspecified atom stereocenters. The third-order valence-corrected chi connectivity index (χ3v) is 25.7. The molecular formula is C109H63N7O2S. The summed E-state index contributed by atoms with van der Waals surface area (Å²) < 4.78 is 18.4. The second-order valence-electron chi connectivity index (χ2n) is 31.0. The van der Waals surface area contributed by atoms with Gasteiger partial charge in [-0.15, -0.1) is 11.3 Å². The van der Waals surface area contributed by atoms with Crippen molar-refractivity contribution in [3.63, 3.8) is 0 Å². The van der Waals surface area contributed by atoms with Gasteiger partial charge in [-0.1, -0.05) is 285 Å². The maximum atomic E-state index is 6.83. The highest BCUT2D eigenvalue weighted by atomic mass is 32.1. The molecule has 6 heterocycles. The van der Waals surface area contributed by atoms with Crippen LogP contribution in [0.3, 0.4) is 0 Å². The van der Waals surface area contributed by atoms with E-state index >= 15 is 0 Å². The molecule has 0 N–H and O–H groups in total. The van der Waals surface area contributed by atoms with E-state index in [9.17, 15) is 0 Å². The summed E-state index contributed by atoms with van der Waals surface area (Å²) in [5.74, 6) is 3.33. The molecule has 0 radical (unpaired) electrons. The molecule has 0 fully saturated rings. The number of para-hydroxylation sites is 2. The van der Waals surface area contributed by atoms with E-state index in [0.717, 1.165) is 133 Å². The van der Waals surface area contributed by atoms with Crippen molar-refractivity contribution in [1.82, 2.24) is 34.5 Å². The lowest BCUT2D eigenvalue weighted by Gasteiger charge is -2.30.